The third-order valence-corrected chi connectivity index (χ3v) is 5.02. The number of ether oxygens (including phenoxy) is 1. The summed E-state index contributed by atoms with van der Waals surface area (Å²) in [6.45, 7) is 1.00. The van der Waals surface area contributed by atoms with Crippen molar-refractivity contribution in [3.8, 4) is 5.75 Å². The summed E-state index contributed by atoms with van der Waals surface area (Å²) in [7, 11) is 0. The van der Waals surface area contributed by atoms with E-state index < -0.39 is 0 Å². The van der Waals surface area contributed by atoms with Gasteiger partial charge in [-0.3, -0.25) is 10.2 Å². The molecule has 8 heteroatoms. The van der Waals surface area contributed by atoms with Crippen molar-refractivity contribution in [2.45, 2.75) is 19.3 Å². The minimum atomic E-state index is 0.00727. The topological polar surface area (TPSA) is 91.2 Å². The Bertz CT molecular complexity index is 1050. The first-order chi connectivity index (χ1) is 14.7. The molecular weight excluding hydrogens is 380 g/mol. The van der Waals surface area contributed by atoms with Crippen LogP contribution in [0.1, 0.15) is 18.4 Å². The lowest BCUT2D eigenvalue weighted by molar-refractivity contribution is -0.121. The van der Waals surface area contributed by atoms with Gasteiger partial charge in [-0.05, 0) is 54.8 Å². The van der Waals surface area contributed by atoms with Gasteiger partial charge in [0.25, 0.3) is 0 Å². The van der Waals surface area contributed by atoms with Crippen molar-refractivity contribution in [1.29, 1.82) is 0 Å². The first kappa shape index (κ1) is 18.2. The number of nitrogens with one attached hydrogen (secondary N) is 3. The molecule has 0 atom stereocenters. The van der Waals surface area contributed by atoms with Crippen LogP contribution in [0.25, 0.3) is 0 Å². The fourth-order valence-electron chi connectivity index (χ4n) is 3.32. The van der Waals surface area contributed by atoms with Crippen LogP contribution in [0, 0.1) is 0 Å². The summed E-state index contributed by atoms with van der Waals surface area (Å²) in [5, 5.41) is 8.08. The Hall–Kier alpha value is -3.81. The van der Waals surface area contributed by atoms with E-state index in [0.29, 0.717) is 25.5 Å². The second-order valence-corrected chi connectivity index (χ2v) is 7.25. The number of anilines is 5. The van der Waals surface area contributed by atoms with Crippen molar-refractivity contribution in [2.24, 2.45) is 0 Å². The Morgan fingerprint density at radius 3 is 2.60 bits per heavy atom. The third-order valence-electron chi connectivity index (χ3n) is 5.02. The highest BCUT2D eigenvalue weighted by Crippen LogP contribution is 2.45. The van der Waals surface area contributed by atoms with Gasteiger partial charge >= 0.3 is 0 Å². The van der Waals surface area contributed by atoms with E-state index in [1.54, 1.807) is 6.20 Å². The molecular formula is C22H22N6O2. The predicted molar refractivity (Wildman–Crippen MR) is 115 cm³/mol. The van der Waals surface area contributed by atoms with Crippen molar-refractivity contribution in [2.75, 3.05) is 28.9 Å². The van der Waals surface area contributed by atoms with Crippen LogP contribution in [0.2, 0.25) is 0 Å². The Balaban J connectivity index is 1.33. The Morgan fingerprint density at radius 2 is 1.77 bits per heavy atom. The van der Waals surface area contributed by atoms with Crippen molar-refractivity contribution in [3.05, 3.63) is 60.3 Å². The molecule has 2 aromatic carbocycles. The highest BCUT2D eigenvalue weighted by atomic mass is 16.5. The first-order valence-corrected chi connectivity index (χ1v) is 10.0. The van der Waals surface area contributed by atoms with E-state index in [2.05, 4.69) is 38.2 Å². The predicted octanol–water partition coefficient (Wildman–Crippen LogP) is 3.53. The average molecular weight is 402 g/mol. The average Bonchev–Trinajstić information content (AvgIpc) is 3.44. The van der Waals surface area contributed by atoms with Crippen LogP contribution in [0.4, 0.5) is 28.8 Å². The molecule has 1 amide bonds. The smallest absolute Gasteiger partial charge is 0.229 e. The summed E-state index contributed by atoms with van der Waals surface area (Å²) in [5.41, 5.74) is 7.30. The molecule has 0 saturated heterocycles. The molecule has 6 bridgehead atoms. The molecule has 0 fully saturated rings. The van der Waals surface area contributed by atoms with Crippen LogP contribution >= 0.6 is 0 Å². The van der Waals surface area contributed by atoms with Crippen LogP contribution in [0.3, 0.4) is 0 Å². The maximum atomic E-state index is 12.0. The number of carbonyl (C=O) groups excluding carboxylic acids is 1. The summed E-state index contributed by atoms with van der Waals surface area (Å²) in [4.78, 5) is 20.9. The molecule has 0 saturated carbocycles. The molecule has 3 aromatic rings. The van der Waals surface area contributed by atoms with Gasteiger partial charge in [-0.15, -0.1) is 0 Å². The van der Waals surface area contributed by atoms with Crippen LogP contribution in [0.5, 0.6) is 5.75 Å². The van der Waals surface area contributed by atoms with Gasteiger partial charge in [-0.25, -0.2) is 9.99 Å². The summed E-state index contributed by atoms with van der Waals surface area (Å²) in [6, 6.07) is 15.8. The van der Waals surface area contributed by atoms with E-state index in [-0.39, 0.29) is 5.91 Å². The van der Waals surface area contributed by atoms with Crippen LogP contribution in [-0.4, -0.2) is 29.0 Å². The quantitative estimate of drug-likeness (QED) is 0.496. The Morgan fingerprint density at radius 1 is 0.967 bits per heavy atom. The molecule has 0 spiro atoms. The number of aryl methyl sites for hydroxylation is 1. The number of hydrogen-bond acceptors (Lipinski definition) is 7. The van der Waals surface area contributed by atoms with E-state index in [9.17, 15) is 4.79 Å². The summed E-state index contributed by atoms with van der Waals surface area (Å²) in [6.07, 6.45) is 3.92. The van der Waals surface area contributed by atoms with Gasteiger partial charge < -0.3 is 15.4 Å². The molecule has 8 rings (SSSR count). The summed E-state index contributed by atoms with van der Waals surface area (Å²) in [5.74, 6) is 2.14. The molecule has 0 aliphatic carbocycles. The number of hydrogen-bond donors (Lipinski definition) is 3. The Labute approximate surface area is 174 Å². The van der Waals surface area contributed by atoms with E-state index in [0.717, 1.165) is 41.5 Å². The molecule has 0 radical (unpaired) electrons. The summed E-state index contributed by atoms with van der Waals surface area (Å²) >= 11 is 0. The number of aromatic nitrogens is 2. The van der Waals surface area contributed by atoms with Crippen LogP contribution < -0.4 is 25.8 Å². The highest BCUT2D eigenvalue weighted by Gasteiger charge is 2.33. The molecule has 30 heavy (non-hydrogen) atoms. The standard InChI is InChI=1S/C22H22N6O2/c29-20-11-13-30-18-9-7-17(8-10-18)27-28-19-14-24-22(26-21(19)28)25-16-5-3-15(4-6-16)2-1-12-23-20/h3-10,14,27H,1-2,11-13H2,(H,23,29)(H,24,25,26). The fraction of sp³-hybridized carbons (Fsp3) is 0.227. The number of nitrogens with zero attached hydrogens (tertiary/aromatic N) is 3. The highest BCUT2D eigenvalue weighted by molar-refractivity contribution is 5.91. The molecule has 3 N–H and O–H groups in total. The van der Waals surface area contributed by atoms with E-state index in [1.807, 2.05) is 41.4 Å². The van der Waals surface area contributed by atoms with Crippen molar-refractivity contribution in [1.82, 2.24) is 15.3 Å². The number of benzene rings is 2. The third kappa shape index (κ3) is 4.12. The van der Waals surface area contributed by atoms with Gasteiger partial charge in [0.05, 0.1) is 24.9 Å². The van der Waals surface area contributed by atoms with E-state index in [4.69, 9.17) is 4.74 Å². The van der Waals surface area contributed by atoms with Crippen molar-refractivity contribution < 1.29 is 9.53 Å². The number of rotatable bonds is 0. The van der Waals surface area contributed by atoms with Crippen LogP contribution in [-0.2, 0) is 11.2 Å². The SMILES string of the molecule is O=C1CCOc2ccc(cc2)NN2c3cnc(nc32)Nc2ccc(cc2)CCCN1. The van der Waals surface area contributed by atoms with Gasteiger partial charge in [0.1, 0.15) is 11.4 Å². The van der Waals surface area contributed by atoms with Gasteiger partial charge in [0.2, 0.25) is 11.9 Å². The fourth-order valence-corrected chi connectivity index (χ4v) is 3.32. The molecule has 6 heterocycles. The summed E-state index contributed by atoms with van der Waals surface area (Å²) < 4.78 is 5.68. The molecule has 152 valence electrons. The second-order valence-electron chi connectivity index (χ2n) is 7.25. The monoisotopic (exact) mass is 402 g/mol. The number of hydrazine groups is 1. The Kier molecular flexibility index (Phi) is 4.80. The van der Waals surface area contributed by atoms with Gasteiger partial charge in [0, 0.05) is 12.2 Å². The zero-order chi connectivity index (χ0) is 20.3. The van der Waals surface area contributed by atoms with E-state index in [1.165, 1.54) is 5.56 Å². The molecule has 5 aliphatic heterocycles. The zero-order valence-corrected chi connectivity index (χ0v) is 16.4. The normalized spacial score (nSPS) is 15.7. The van der Waals surface area contributed by atoms with Gasteiger partial charge in [-0.2, -0.15) is 4.98 Å². The maximum absolute atomic E-state index is 12.0. The van der Waals surface area contributed by atoms with Gasteiger partial charge in [-0.1, -0.05) is 12.1 Å². The second kappa shape index (κ2) is 7.90. The number of amides is 1. The lowest BCUT2D eigenvalue weighted by atomic mass is 10.1. The van der Waals surface area contributed by atoms with Crippen molar-refractivity contribution >= 4 is 34.7 Å². The number of carbonyl (C=O) groups is 1. The zero-order valence-electron chi connectivity index (χ0n) is 16.4. The van der Waals surface area contributed by atoms with E-state index >= 15 is 0 Å². The largest absolute Gasteiger partial charge is 0.493 e. The lowest BCUT2D eigenvalue weighted by Gasteiger charge is -2.10. The first-order valence-electron chi connectivity index (χ1n) is 10.0. The molecule has 0 unspecified atom stereocenters. The lowest BCUT2D eigenvalue weighted by Crippen LogP contribution is -2.26. The minimum absolute atomic E-state index is 0.00727. The molecule has 8 nitrogen and oxygen atoms in total. The van der Waals surface area contributed by atoms with Crippen molar-refractivity contribution in [3.63, 3.8) is 0 Å². The van der Waals surface area contributed by atoms with Gasteiger partial charge in [0.15, 0.2) is 5.82 Å². The van der Waals surface area contributed by atoms with Crippen LogP contribution in [0.15, 0.2) is 54.7 Å². The maximum Gasteiger partial charge on any atom is 0.229 e. The molecule has 1 aromatic heterocycles. The minimum Gasteiger partial charge on any atom is -0.493 e. The molecule has 5 aliphatic rings.